The third-order valence-corrected chi connectivity index (χ3v) is 3.15. The molecule has 0 aliphatic rings. The molecule has 0 saturated carbocycles. The highest BCUT2D eigenvalue weighted by molar-refractivity contribution is 6.08. The van der Waals surface area contributed by atoms with Crippen molar-refractivity contribution in [2.24, 2.45) is 0 Å². The van der Waals surface area contributed by atoms with Crippen LogP contribution in [-0.4, -0.2) is 22.2 Å². The van der Waals surface area contributed by atoms with Gasteiger partial charge in [0.15, 0.2) is 0 Å². The Labute approximate surface area is 119 Å². The molecule has 0 fully saturated rings. The van der Waals surface area contributed by atoms with E-state index in [1.807, 2.05) is 39.0 Å². The Morgan fingerprint density at radius 1 is 1.20 bits per heavy atom. The highest BCUT2D eigenvalue weighted by atomic mass is 16.5. The van der Waals surface area contributed by atoms with E-state index in [0.717, 1.165) is 17.9 Å². The molecule has 4 nitrogen and oxygen atoms in total. The average Bonchev–Trinajstić information content (AvgIpc) is 2.91. The van der Waals surface area contributed by atoms with Crippen molar-refractivity contribution in [3.63, 3.8) is 0 Å². The van der Waals surface area contributed by atoms with Crippen LogP contribution < -0.4 is 4.74 Å². The smallest absolute Gasteiger partial charge is 0.211 e. The van der Waals surface area contributed by atoms with E-state index in [-0.39, 0.29) is 5.78 Å². The second-order valence-electron chi connectivity index (χ2n) is 4.48. The van der Waals surface area contributed by atoms with Crippen LogP contribution in [0.1, 0.15) is 42.5 Å². The molecule has 1 aromatic carbocycles. The Hall–Kier alpha value is -2.10. The number of rotatable bonds is 6. The van der Waals surface area contributed by atoms with Gasteiger partial charge in [-0.25, -0.2) is 0 Å². The first-order valence-electron chi connectivity index (χ1n) is 7.03. The Bertz CT molecular complexity index is 585. The molecule has 0 saturated heterocycles. The molecule has 0 aliphatic heterocycles. The Morgan fingerprint density at radius 3 is 2.45 bits per heavy atom. The molecule has 0 spiro atoms. The van der Waals surface area contributed by atoms with E-state index in [0.29, 0.717) is 24.4 Å². The lowest BCUT2D eigenvalue weighted by Gasteiger charge is -2.06. The summed E-state index contributed by atoms with van der Waals surface area (Å²) in [5, 5.41) is 4.41. The van der Waals surface area contributed by atoms with Gasteiger partial charge in [-0.15, -0.1) is 0 Å². The number of aromatic nitrogens is 2. The van der Waals surface area contributed by atoms with E-state index < -0.39 is 0 Å². The molecule has 2 aromatic rings. The van der Waals surface area contributed by atoms with Crippen LogP contribution in [0.4, 0.5) is 0 Å². The molecule has 2 rings (SSSR count). The first kappa shape index (κ1) is 14.3. The maximum Gasteiger partial charge on any atom is 0.211 e. The van der Waals surface area contributed by atoms with E-state index in [2.05, 4.69) is 5.10 Å². The largest absolute Gasteiger partial charge is 0.494 e. The predicted octanol–water partition coefficient (Wildman–Crippen LogP) is 3.10. The highest BCUT2D eigenvalue weighted by Crippen LogP contribution is 2.16. The zero-order valence-corrected chi connectivity index (χ0v) is 12.2. The van der Waals surface area contributed by atoms with Crippen molar-refractivity contribution in [1.82, 2.24) is 9.78 Å². The number of aryl methyl sites for hydroxylation is 2. The van der Waals surface area contributed by atoms with Crippen molar-refractivity contribution in [3.05, 3.63) is 47.3 Å². The molecule has 0 N–H and O–H groups in total. The summed E-state index contributed by atoms with van der Waals surface area (Å²) in [6.45, 7) is 7.27. The van der Waals surface area contributed by atoms with Crippen LogP contribution in [0, 0.1) is 0 Å². The number of carbonyl (C=O) groups is 1. The first-order valence-corrected chi connectivity index (χ1v) is 7.03. The maximum absolute atomic E-state index is 12.5. The predicted molar refractivity (Wildman–Crippen MR) is 78.3 cm³/mol. The molecular weight excluding hydrogens is 252 g/mol. The Morgan fingerprint density at radius 2 is 1.90 bits per heavy atom. The van der Waals surface area contributed by atoms with Gasteiger partial charge in [-0.3, -0.25) is 9.48 Å². The molecule has 1 aromatic heterocycles. The minimum atomic E-state index is 0.00194. The molecule has 0 unspecified atom stereocenters. The van der Waals surface area contributed by atoms with E-state index in [9.17, 15) is 4.79 Å². The number of nitrogens with zero attached hydrogens (tertiary/aromatic N) is 2. The number of benzene rings is 1. The van der Waals surface area contributed by atoms with Crippen LogP contribution in [0.2, 0.25) is 0 Å². The van der Waals surface area contributed by atoms with E-state index in [1.54, 1.807) is 16.8 Å². The Kier molecular flexibility index (Phi) is 4.56. The van der Waals surface area contributed by atoms with Crippen molar-refractivity contribution < 1.29 is 9.53 Å². The normalized spacial score (nSPS) is 10.6. The average molecular weight is 272 g/mol. The summed E-state index contributed by atoms with van der Waals surface area (Å²) >= 11 is 0. The zero-order valence-electron chi connectivity index (χ0n) is 12.2. The molecule has 0 atom stereocenters. The highest BCUT2D eigenvalue weighted by Gasteiger charge is 2.15. The monoisotopic (exact) mass is 272 g/mol. The maximum atomic E-state index is 12.5. The molecule has 0 radical (unpaired) electrons. The second kappa shape index (κ2) is 6.37. The quantitative estimate of drug-likeness (QED) is 0.759. The molecular formula is C16H20N2O2. The van der Waals surface area contributed by atoms with Crippen LogP contribution in [0.15, 0.2) is 30.3 Å². The summed E-state index contributed by atoms with van der Waals surface area (Å²) in [4.78, 5) is 12.5. The fourth-order valence-electron chi connectivity index (χ4n) is 2.08. The standard InChI is InChI=1S/C16H20N2O2/c1-4-13-11-15(18(5-2)17-13)16(19)12-7-9-14(10-8-12)20-6-3/h7-11H,4-6H2,1-3H3. The van der Waals surface area contributed by atoms with Gasteiger partial charge in [0.05, 0.1) is 12.3 Å². The third-order valence-electron chi connectivity index (χ3n) is 3.15. The lowest BCUT2D eigenvalue weighted by atomic mass is 10.1. The van der Waals surface area contributed by atoms with Crippen molar-refractivity contribution in [2.45, 2.75) is 33.7 Å². The van der Waals surface area contributed by atoms with Crippen molar-refractivity contribution in [3.8, 4) is 5.75 Å². The summed E-state index contributed by atoms with van der Waals surface area (Å²) in [6, 6.07) is 9.12. The van der Waals surface area contributed by atoms with Gasteiger partial charge in [0.25, 0.3) is 0 Å². The summed E-state index contributed by atoms with van der Waals surface area (Å²) in [5.74, 6) is 0.782. The van der Waals surface area contributed by atoms with Crippen molar-refractivity contribution >= 4 is 5.78 Å². The number of ether oxygens (including phenoxy) is 1. The number of ketones is 1. The zero-order chi connectivity index (χ0) is 14.5. The van der Waals surface area contributed by atoms with Crippen LogP contribution in [0.5, 0.6) is 5.75 Å². The SMILES string of the molecule is CCOc1ccc(C(=O)c2cc(CC)nn2CC)cc1. The molecule has 106 valence electrons. The van der Waals surface area contributed by atoms with Crippen LogP contribution in [-0.2, 0) is 13.0 Å². The summed E-state index contributed by atoms with van der Waals surface area (Å²) in [6.07, 6.45) is 0.830. The van der Waals surface area contributed by atoms with Crippen LogP contribution >= 0.6 is 0 Å². The van der Waals surface area contributed by atoms with E-state index >= 15 is 0 Å². The summed E-state index contributed by atoms with van der Waals surface area (Å²) < 4.78 is 7.15. The van der Waals surface area contributed by atoms with Crippen LogP contribution in [0.3, 0.4) is 0 Å². The molecule has 0 aliphatic carbocycles. The lowest BCUT2D eigenvalue weighted by Crippen LogP contribution is -2.10. The lowest BCUT2D eigenvalue weighted by molar-refractivity contribution is 0.102. The molecule has 0 bridgehead atoms. The second-order valence-corrected chi connectivity index (χ2v) is 4.48. The van der Waals surface area contributed by atoms with Gasteiger partial charge in [-0.2, -0.15) is 5.10 Å². The van der Waals surface area contributed by atoms with Crippen molar-refractivity contribution in [2.75, 3.05) is 6.61 Å². The van der Waals surface area contributed by atoms with Gasteiger partial charge < -0.3 is 4.74 Å². The van der Waals surface area contributed by atoms with Gasteiger partial charge in [-0.1, -0.05) is 6.92 Å². The van der Waals surface area contributed by atoms with Gasteiger partial charge in [-0.05, 0) is 50.6 Å². The Balaban J connectivity index is 2.28. The summed E-state index contributed by atoms with van der Waals surface area (Å²) in [5.41, 5.74) is 2.25. The topological polar surface area (TPSA) is 44.1 Å². The minimum Gasteiger partial charge on any atom is -0.494 e. The molecule has 4 heteroatoms. The van der Waals surface area contributed by atoms with E-state index in [1.165, 1.54) is 0 Å². The van der Waals surface area contributed by atoms with Gasteiger partial charge in [0.1, 0.15) is 11.4 Å². The van der Waals surface area contributed by atoms with Gasteiger partial charge in [0.2, 0.25) is 5.78 Å². The fourth-order valence-corrected chi connectivity index (χ4v) is 2.08. The number of carbonyl (C=O) groups excluding carboxylic acids is 1. The van der Waals surface area contributed by atoms with Gasteiger partial charge in [0, 0.05) is 12.1 Å². The number of hydrogen-bond acceptors (Lipinski definition) is 3. The molecule has 20 heavy (non-hydrogen) atoms. The molecule has 0 amide bonds. The van der Waals surface area contributed by atoms with Gasteiger partial charge >= 0.3 is 0 Å². The first-order chi connectivity index (χ1) is 9.69. The third kappa shape index (κ3) is 2.90. The number of hydrogen-bond donors (Lipinski definition) is 0. The minimum absolute atomic E-state index is 0.00194. The van der Waals surface area contributed by atoms with Crippen LogP contribution in [0.25, 0.3) is 0 Å². The molecule has 1 heterocycles. The van der Waals surface area contributed by atoms with Crippen molar-refractivity contribution in [1.29, 1.82) is 0 Å². The fraction of sp³-hybridized carbons (Fsp3) is 0.375. The summed E-state index contributed by atoms with van der Waals surface area (Å²) in [7, 11) is 0. The van der Waals surface area contributed by atoms with E-state index in [4.69, 9.17) is 4.74 Å².